The molecule has 0 N–H and O–H groups in total. The largest absolute Gasteiger partial charge is 0.296 e. The number of rotatable bonds is 4. The van der Waals surface area contributed by atoms with Crippen molar-refractivity contribution in [3.8, 4) is 0 Å². The molecule has 0 amide bonds. The summed E-state index contributed by atoms with van der Waals surface area (Å²) in [6, 6.07) is 1.75. The van der Waals surface area contributed by atoms with Gasteiger partial charge < -0.3 is 0 Å². The van der Waals surface area contributed by atoms with Gasteiger partial charge in [0.2, 0.25) is 0 Å². The SMILES string of the molecule is C=C/C(=C\C=C(C)C)c1cc(C=O)nn1C. The van der Waals surface area contributed by atoms with Gasteiger partial charge in [-0.15, -0.1) is 0 Å². The molecule has 0 fully saturated rings. The number of allylic oxidation sites excluding steroid dienone is 5. The molecule has 1 aromatic rings. The van der Waals surface area contributed by atoms with Crippen LogP contribution in [0.3, 0.4) is 0 Å². The summed E-state index contributed by atoms with van der Waals surface area (Å²) in [4.78, 5) is 10.6. The Bertz CT molecular complexity index is 460. The average molecular weight is 216 g/mol. The first-order valence-electron chi connectivity index (χ1n) is 5.05. The van der Waals surface area contributed by atoms with E-state index in [4.69, 9.17) is 0 Å². The predicted octanol–water partition coefficient (Wildman–Crippen LogP) is 2.77. The second-order valence-electron chi connectivity index (χ2n) is 3.77. The maximum absolute atomic E-state index is 10.6. The first-order chi connectivity index (χ1) is 7.58. The topological polar surface area (TPSA) is 34.9 Å². The van der Waals surface area contributed by atoms with Crippen LogP contribution < -0.4 is 0 Å². The number of nitrogens with zero attached hydrogens (tertiary/aromatic N) is 2. The van der Waals surface area contributed by atoms with Gasteiger partial charge in [-0.1, -0.05) is 30.4 Å². The summed E-state index contributed by atoms with van der Waals surface area (Å²) in [5.41, 5.74) is 3.47. The van der Waals surface area contributed by atoms with Crippen LogP contribution in [-0.4, -0.2) is 16.1 Å². The zero-order valence-corrected chi connectivity index (χ0v) is 9.90. The quantitative estimate of drug-likeness (QED) is 0.573. The van der Waals surface area contributed by atoms with E-state index < -0.39 is 0 Å². The highest BCUT2D eigenvalue weighted by Crippen LogP contribution is 2.16. The fourth-order valence-corrected chi connectivity index (χ4v) is 1.33. The molecular weight excluding hydrogens is 200 g/mol. The van der Waals surface area contributed by atoms with E-state index in [-0.39, 0.29) is 0 Å². The van der Waals surface area contributed by atoms with E-state index in [0.717, 1.165) is 17.6 Å². The van der Waals surface area contributed by atoms with E-state index in [2.05, 4.69) is 11.7 Å². The maximum Gasteiger partial charge on any atom is 0.170 e. The molecule has 0 saturated heterocycles. The first-order valence-corrected chi connectivity index (χ1v) is 5.05. The van der Waals surface area contributed by atoms with Gasteiger partial charge in [0, 0.05) is 7.05 Å². The highest BCUT2D eigenvalue weighted by atomic mass is 16.1. The lowest BCUT2D eigenvalue weighted by Crippen LogP contribution is -1.96. The van der Waals surface area contributed by atoms with E-state index in [1.165, 1.54) is 5.57 Å². The van der Waals surface area contributed by atoms with Crippen LogP contribution in [0.1, 0.15) is 30.0 Å². The summed E-state index contributed by atoms with van der Waals surface area (Å²) in [5.74, 6) is 0. The molecule has 0 unspecified atom stereocenters. The number of aldehydes is 1. The normalized spacial score (nSPS) is 11.1. The smallest absolute Gasteiger partial charge is 0.170 e. The first kappa shape index (κ1) is 12.2. The molecule has 0 saturated carbocycles. The minimum Gasteiger partial charge on any atom is -0.296 e. The van der Waals surface area contributed by atoms with E-state index in [9.17, 15) is 4.79 Å². The second kappa shape index (κ2) is 5.26. The van der Waals surface area contributed by atoms with Gasteiger partial charge in [0.1, 0.15) is 5.69 Å². The number of aryl methyl sites for hydroxylation is 1. The minimum absolute atomic E-state index is 0.433. The van der Waals surface area contributed by atoms with Gasteiger partial charge in [-0.25, -0.2) is 0 Å². The summed E-state index contributed by atoms with van der Waals surface area (Å²) in [6.45, 7) is 7.81. The summed E-state index contributed by atoms with van der Waals surface area (Å²) in [7, 11) is 1.81. The van der Waals surface area contributed by atoms with Crippen molar-refractivity contribution in [1.29, 1.82) is 0 Å². The van der Waals surface area contributed by atoms with Crippen LogP contribution in [0.2, 0.25) is 0 Å². The zero-order chi connectivity index (χ0) is 12.1. The van der Waals surface area contributed by atoms with E-state index in [1.54, 1.807) is 16.8 Å². The van der Waals surface area contributed by atoms with Crippen LogP contribution in [0.25, 0.3) is 5.57 Å². The number of hydrogen-bond acceptors (Lipinski definition) is 2. The van der Waals surface area contributed by atoms with Gasteiger partial charge in [0.25, 0.3) is 0 Å². The van der Waals surface area contributed by atoms with E-state index >= 15 is 0 Å². The fraction of sp³-hybridized carbons (Fsp3) is 0.231. The summed E-state index contributed by atoms with van der Waals surface area (Å²) in [6.07, 6.45) is 6.47. The summed E-state index contributed by atoms with van der Waals surface area (Å²) < 4.78 is 1.68. The molecule has 0 aliphatic carbocycles. The number of carbonyl (C=O) groups is 1. The number of hydrogen-bond donors (Lipinski definition) is 0. The Morgan fingerprint density at radius 3 is 2.56 bits per heavy atom. The van der Waals surface area contributed by atoms with Gasteiger partial charge in [-0.2, -0.15) is 5.10 Å². The van der Waals surface area contributed by atoms with Gasteiger partial charge >= 0.3 is 0 Å². The highest BCUT2D eigenvalue weighted by Gasteiger charge is 2.06. The Labute approximate surface area is 95.8 Å². The highest BCUT2D eigenvalue weighted by molar-refractivity contribution is 5.78. The maximum atomic E-state index is 10.6. The van der Waals surface area contributed by atoms with Crippen molar-refractivity contribution in [2.24, 2.45) is 7.05 Å². The molecule has 84 valence electrons. The molecule has 1 heterocycles. The van der Waals surface area contributed by atoms with Gasteiger partial charge in [-0.3, -0.25) is 9.48 Å². The third-order valence-electron chi connectivity index (χ3n) is 2.13. The van der Waals surface area contributed by atoms with Crippen LogP contribution in [0.4, 0.5) is 0 Å². The minimum atomic E-state index is 0.433. The number of aromatic nitrogens is 2. The monoisotopic (exact) mass is 216 g/mol. The van der Waals surface area contributed by atoms with Crippen LogP contribution in [0.15, 0.2) is 36.4 Å². The molecule has 3 nitrogen and oxygen atoms in total. The van der Waals surface area contributed by atoms with Crippen LogP contribution in [0.5, 0.6) is 0 Å². The van der Waals surface area contributed by atoms with Crippen molar-refractivity contribution in [3.05, 3.63) is 47.8 Å². The van der Waals surface area contributed by atoms with Crippen molar-refractivity contribution >= 4 is 11.9 Å². The molecule has 0 aromatic carbocycles. The number of carbonyl (C=O) groups excluding carboxylic acids is 1. The molecule has 0 aliphatic heterocycles. The Balaban J connectivity index is 3.18. The average Bonchev–Trinajstić information content (AvgIpc) is 2.61. The van der Waals surface area contributed by atoms with E-state index in [1.807, 2.05) is 33.0 Å². The van der Waals surface area contributed by atoms with Crippen molar-refractivity contribution in [1.82, 2.24) is 9.78 Å². The molecule has 3 heteroatoms. The molecule has 0 aliphatic rings. The standard InChI is InChI=1S/C13H16N2O/c1-5-11(7-6-10(2)3)13-8-12(9-16)14-15(13)4/h5-9H,1H2,2-4H3/b11-7+. The summed E-state index contributed by atoms with van der Waals surface area (Å²) in [5, 5.41) is 4.06. The predicted molar refractivity (Wildman–Crippen MR) is 66.2 cm³/mol. The molecule has 0 spiro atoms. The fourth-order valence-electron chi connectivity index (χ4n) is 1.33. The lowest BCUT2D eigenvalue weighted by Gasteiger charge is -2.01. The molecule has 0 bridgehead atoms. The third-order valence-corrected chi connectivity index (χ3v) is 2.13. The zero-order valence-electron chi connectivity index (χ0n) is 9.90. The molecular formula is C13H16N2O. The Hall–Kier alpha value is -1.90. The molecule has 16 heavy (non-hydrogen) atoms. The van der Waals surface area contributed by atoms with Crippen LogP contribution >= 0.6 is 0 Å². The second-order valence-corrected chi connectivity index (χ2v) is 3.77. The molecule has 1 aromatic heterocycles. The van der Waals surface area contributed by atoms with Gasteiger partial charge in [0.15, 0.2) is 6.29 Å². The van der Waals surface area contributed by atoms with Gasteiger partial charge in [0.05, 0.1) is 5.69 Å². The Morgan fingerprint density at radius 2 is 2.12 bits per heavy atom. The molecule has 0 radical (unpaired) electrons. The van der Waals surface area contributed by atoms with Crippen LogP contribution in [-0.2, 0) is 7.05 Å². The van der Waals surface area contributed by atoms with Crippen molar-refractivity contribution in [3.63, 3.8) is 0 Å². The lowest BCUT2D eigenvalue weighted by molar-refractivity contribution is 0.111. The van der Waals surface area contributed by atoms with E-state index in [0.29, 0.717) is 5.69 Å². The lowest BCUT2D eigenvalue weighted by atomic mass is 10.1. The van der Waals surface area contributed by atoms with Crippen molar-refractivity contribution in [2.45, 2.75) is 13.8 Å². The third kappa shape index (κ3) is 2.79. The molecule has 0 atom stereocenters. The summed E-state index contributed by atoms with van der Waals surface area (Å²) >= 11 is 0. The van der Waals surface area contributed by atoms with Crippen molar-refractivity contribution in [2.75, 3.05) is 0 Å². The Morgan fingerprint density at radius 1 is 1.44 bits per heavy atom. The molecule has 1 rings (SSSR count). The Kier molecular flexibility index (Phi) is 4.00. The van der Waals surface area contributed by atoms with Gasteiger partial charge in [-0.05, 0) is 25.5 Å². The van der Waals surface area contributed by atoms with Crippen molar-refractivity contribution < 1.29 is 4.79 Å². The van der Waals surface area contributed by atoms with Crippen LogP contribution in [0, 0.1) is 0 Å².